The van der Waals surface area contributed by atoms with E-state index in [2.05, 4.69) is 16.5 Å². The van der Waals surface area contributed by atoms with Gasteiger partial charge in [-0.3, -0.25) is 0 Å². The molecule has 0 bridgehead atoms. The van der Waals surface area contributed by atoms with Crippen LogP contribution in [0.5, 0.6) is 0 Å². The molecule has 1 atom stereocenters. The van der Waals surface area contributed by atoms with E-state index in [0.29, 0.717) is 6.54 Å². The summed E-state index contributed by atoms with van der Waals surface area (Å²) in [4.78, 5) is 2.44. The average Bonchev–Trinajstić information content (AvgIpc) is 2.51. The van der Waals surface area contributed by atoms with Gasteiger partial charge in [-0.05, 0) is 56.8 Å². The molecule has 0 spiro atoms. The van der Waals surface area contributed by atoms with Gasteiger partial charge in [0.2, 0.25) is 10.0 Å². The number of likely N-dealkylation sites (tertiary alicyclic amines) is 1. The Kier molecular flexibility index (Phi) is 6.81. The number of hydrogen-bond donors (Lipinski definition) is 1. The van der Waals surface area contributed by atoms with E-state index in [0.717, 1.165) is 43.1 Å². The van der Waals surface area contributed by atoms with Gasteiger partial charge in [-0.15, -0.1) is 0 Å². The van der Waals surface area contributed by atoms with Crippen molar-refractivity contribution in [3.05, 3.63) is 40.8 Å². The lowest BCUT2D eigenvalue weighted by Gasteiger charge is -2.30. The fraction of sp³-hybridized carbons (Fsp3) is 0.556. The van der Waals surface area contributed by atoms with Crippen LogP contribution in [0.25, 0.3) is 6.08 Å². The summed E-state index contributed by atoms with van der Waals surface area (Å²) in [5.74, 6) is 0.762. The molecule has 1 aromatic rings. The minimum atomic E-state index is -3.35. The molecular weight excluding hydrogens is 308 g/mol. The van der Waals surface area contributed by atoms with Crippen LogP contribution in [-0.4, -0.2) is 39.5 Å². The highest BCUT2D eigenvalue weighted by atomic mass is 32.2. The van der Waals surface area contributed by atoms with Gasteiger partial charge in [0.05, 0.1) is 0 Å². The van der Waals surface area contributed by atoms with Crippen LogP contribution in [0.2, 0.25) is 0 Å². The summed E-state index contributed by atoms with van der Waals surface area (Å²) in [7, 11) is -3.35. The Morgan fingerprint density at radius 2 is 2.04 bits per heavy atom. The van der Waals surface area contributed by atoms with Crippen molar-refractivity contribution in [1.29, 1.82) is 0 Å². The van der Waals surface area contributed by atoms with Crippen LogP contribution >= 0.6 is 0 Å². The Balaban J connectivity index is 1.72. The van der Waals surface area contributed by atoms with Gasteiger partial charge < -0.3 is 4.90 Å². The van der Waals surface area contributed by atoms with E-state index in [1.165, 1.54) is 18.2 Å². The molecule has 5 heteroatoms. The first-order valence-electron chi connectivity index (χ1n) is 8.41. The van der Waals surface area contributed by atoms with Crippen LogP contribution in [0.4, 0.5) is 0 Å². The third kappa shape index (κ3) is 6.85. The standard InChI is InChI=1S/C18H28N2O2S/c1-16-6-8-18(9-7-16)10-14-23(21,22)19-11-4-13-20-12-3-5-17(2)15-20/h6-10,14,17,19H,3-5,11-13,15H2,1-2H3/b14-10+/t17-/m0/s1. The highest BCUT2D eigenvalue weighted by Gasteiger charge is 2.15. The van der Waals surface area contributed by atoms with E-state index in [1.807, 2.05) is 31.2 Å². The van der Waals surface area contributed by atoms with Crippen LogP contribution in [-0.2, 0) is 10.0 Å². The summed E-state index contributed by atoms with van der Waals surface area (Å²) in [6.45, 7) is 8.03. The molecule has 0 aromatic heterocycles. The Morgan fingerprint density at radius 3 is 2.74 bits per heavy atom. The maximum absolute atomic E-state index is 12.0. The number of nitrogens with zero attached hydrogens (tertiary/aromatic N) is 1. The second-order valence-electron chi connectivity index (χ2n) is 6.55. The zero-order chi connectivity index (χ0) is 16.7. The van der Waals surface area contributed by atoms with Crippen LogP contribution in [0.1, 0.15) is 37.3 Å². The molecule has 1 saturated heterocycles. The number of aryl methyl sites for hydroxylation is 1. The molecule has 0 unspecified atom stereocenters. The lowest BCUT2D eigenvalue weighted by Crippen LogP contribution is -2.36. The number of piperidine rings is 1. The molecule has 1 N–H and O–H groups in total. The molecule has 0 radical (unpaired) electrons. The zero-order valence-electron chi connectivity index (χ0n) is 14.2. The van der Waals surface area contributed by atoms with E-state index in [9.17, 15) is 8.42 Å². The summed E-state index contributed by atoms with van der Waals surface area (Å²) < 4.78 is 26.6. The average molecular weight is 337 g/mol. The van der Waals surface area contributed by atoms with Crippen molar-refractivity contribution in [1.82, 2.24) is 9.62 Å². The first-order valence-corrected chi connectivity index (χ1v) is 9.96. The number of hydrogen-bond acceptors (Lipinski definition) is 3. The molecule has 2 rings (SSSR count). The van der Waals surface area contributed by atoms with E-state index >= 15 is 0 Å². The quantitative estimate of drug-likeness (QED) is 0.779. The van der Waals surface area contributed by atoms with E-state index in [4.69, 9.17) is 0 Å². The molecule has 1 aliphatic rings. The topological polar surface area (TPSA) is 49.4 Å². The Hall–Kier alpha value is -1.17. The van der Waals surface area contributed by atoms with Gasteiger partial charge in [-0.1, -0.05) is 36.8 Å². The molecule has 1 aromatic carbocycles. The predicted molar refractivity (Wildman–Crippen MR) is 96.6 cm³/mol. The summed E-state index contributed by atoms with van der Waals surface area (Å²) in [6.07, 6.45) is 5.05. The number of benzene rings is 1. The molecule has 0 amide bonds. The third-order valence-electron chi connectivity index (χ3n) is 4.21. The number of rotatable bonds is 7. The van der Waals surface area contributed by atoms with Crippen molar-refractivity contribution >= 4 is 16.1 Å². The number of nitrogens with one attached hydrogen (secondary N) is 1. The number of sulfonamides is 1. The van der Waals surface area contributed by atoms with Crippen LogP contribution < -0.4 is 4.72 Å². The Labute approximate surface area is 140 Å². The van der Waals surface area contributed by atoms with E-state index in [1.54, 1.807) is 6.08 Å². The normalized spacial score (nSPS) is 20.2. The first kappa shape index (κ1) is 18.2. The molecule has 1 aliphatic heterocycles. The summed E-state index contributed by atoms with van der Waals surface area (Å²) >= 11 is 0. The minimum absolute atomic E-state index is 0.492. The van der Waals surface area contributed by atoms with Crippen molar-refractivity contribution in [2.45, 2.75) is 33.1 Å². The lowest BCUT2D eigenvalue weighted by atomic mass is 10.0. The molecule has 128 valence electrons. The van der Waals surface area contributed by atoms with Crippen LogP contribution in [0.15, 0.2) is 29.7 Å². The monoisotopic (exact) mass is 336 g/mol. The second-order valence-corrected chi connectivity index (χ2v) is 8.21. The maximum Gasteiger partial charge on any atom is 0.233 e. The van der Waals surface area contributed by atoms with E-state index < -0.39 is 10.0 Å². The highest BCUT2D eigenvalue weighted by molar-refractivity contribution is 7.92. The summed E-state index contributed by atoms with van der Waals surface area (Å²) in [5, 5.41) is 1.25. The van der Waals surface area contributed by atoms with Gasteiger partial charge in [0.15, 0.2) is 0 Å². The van der Waals surface area contributed by atoms with Crippen LogP contribution in [0.3, 0.4) is 0 Å². The summed E-state index contributed by atoms with van der Waals surface area (Å²) in [6, 6.07) is 7.77. The van der Waals surface area contributed by atoms with E-state index in [-0.39, 0.29) is 0 Å². The van der Waals surface area contributed by atoms with Gasteiger partial charge in [-0.25, -0.2) is 13.1 Å². The van der Waals surface area contributed by atoms with Crippen molar-refractivity contribution in [2.24, 2.45) is 5.92 Å². The maximum atomic E-state index is 12.0. The van der Waals surface area contributed by atoms with Crippen molar-refractivity contribution in [3.8, 4) is 0 Å². The Bertz CT molecular complexity index is 608. The zero-order valence-corrected chi connectivity index (χ0v) is 15.0. The fourth-order valence-electron chi connectivity index (χ4n) is 2.90. The molecule has 1 fully saturated rings. The third-order valence-corrected chi connectivity index (χ3v) is 5.31. The second kappa shape index (κ2) is 8.62. The largest absolute Gasteiger partial charge is 0.303 e. The highest BCUT2D eigenvalue weighted by Crippen LogP contribution is 2.15. The molecular formula is C18H28N2O2S. The lowest BCUT2D eigenvalue weighted by molar-refractivity contribution is 0.182. The Morgan fingerprint density at radius 1 is 1.30 bits per heavy atom. The molecule has 4 nitrogen and oxygen atoms in total. The van der Waals surface area contributed by atoms with Gasteiger partial charge in [0.1, 0.15) is 0 Å². The van der Waals surface area contributed by atoms with Crippen molar-refractivity contribution in [3.63, 3.8) is 0 Å². The SMILES string of the molecule is Cc1ccc(/C=C/S(=O)(=O)NCCCN2CCC[C@H](C)C2)cc1. The molecule has 1 heterocycles. The van der Waals surface area contributed by atoms with Gasteiger partial charge in [0.25, 0.3) is 0 Å². The van der Waals surface area contributed by atoms with Crippen molar-refractivity contribution < 1.29 is 8.42 Å². The molecule has 23 heavy (non-hydrogen) atoms. The van der Waals surface area contributed by atoms with Gasteiger partial charge in [0, 0.05) is 18.5 Å². The van der Waals surface area contributed by atoms with Gasteiger partial charge in [-0.2, -0.15) is 0 Å². The smallest absolute Gasteiger partial charge is 0.233 e. The minimum Gasteiger partial charge on any atom is -0.303 e. The summed E-state index contributed by atoms with van der Waals surface area (Å²) in [5.41, 5.74) is 2.05. The first-order chi connectivity index (χ1) is 10.9. The fourth-order valence-corrected chi connectivity index (χ4v) is 3.76. The molecule has 0 saturated carbocycles. The predicted octanol–water partition coefficient (Wildman–Crippen LogP) is 3.01. The van der Waals surface area contributed by atoms with Gasteiger partial charge >= 0.3 is 0 Å². The van der Waals surface area contributed by atoms with Crippen LogP contribution in [0, 0.1) is 12.8 Å². The molecule has 0 aliphatic carbocycles. The van der Waals surface area contributed by atoms with Crippen molar-refractivity contribution in [2.75, 3.05) is 26.2 Å².